The van der Waals surface area contributed by atoms with Crippen LogP contribution in [0.3, 0.4) is 0 Å². The van der Waals surface area contributed by atoms with E-state index in [1.807, 2.05) is 38.1 Å². The molecule has 1 heterocycles. The van der Waals surface area contributed by atoms with Crippen LogP contribution in [0.4, 0.5) is 5.69 Å². The van der Waals surface area contributed by atoms with Crippen LogP contribution >= 0.6 is 11.6 Å². The third kappa shape index (κ3) is 4.35. The van der Waals surface area contributed by atoms with Gasteiger partial charge in [-0.25, -0.2) is 0 Å². The van der Waals surface area contributed by atoms with Crippen LogP contribution in [-0.4, -0.2) is 48.2 Å². The number of halogens is 1. The molecule has 1 N–H and O–H groups in total. The summed E-state index contributed by atoms with van der Waals surface area (Å²) in [6.45, 7) is 6.82. The second kappa shape index (κ2) is 7.14. The molecular weight excluding hydrogens is 288 g/mol. The number of benzene rings is 1. The van der Waals surface area contributed by atoms with Gasteiger partial charge in [-0.3, -0.25) is 4.79 Å². The molecule has 1 atom stereocenters. The Morgan fingerprint density at radius 2 is 1.95 bits per heavy atom. The largest absolute Gasteiger partial charge is 0.383 e. The first kappa shape index (κ1) is 16.1. The van der Waals surface area contributed by atoms with Gasteiger partial charge in [-0.05, 0) is 30.5 Å². The minimum absolute atomic E-state index is 0.144. The molecule has 116 valence electrons. The summed E-state index contributed by atoms with van der Waals surface area (Å²) in [6, 6.07) is 7.75. The zero-order valence-corrected chi connectivity index (χ0v) is 13.4. The van der Waals surface area contributed by atoms with Crippen molar-refractivity contribution in [1.29, 1.82) is 0 Å². The summed E-state index contributed by atoms with van der Waals surface area (Å²) in [6.07, 6.45) is -0.351. The Morgan fingerprint density at radius 1 is 1.29 bits per heavy atom. The number of hydrogen-bond donors (Lipinski definition) is 1. The number of piperazine rings is 1. The minimum atomic E-state index is -0.872. The van der Waals surface area contributed by atoms with Gasteiger partial charge in [0.25, 0.3) is 5.91 Å². The lowest BCUT2D eigenvalue weighted by Gasteiger charge is -2.37. The highest BCUT2D eigenvalue weighted by atomic mass is 35.5. The number of nitrogens with zero attached hydrogens (tertiary/aromatic N) is 2. The highest BCUT2D eigenvalue weighted by molar-refractivity contribution is 6.30. The van der Waals surface area contributed by atoms with Gasteiger partial charge in [-0.1, -0.05) is 31.5 Å². The Labute approximate surface area is 131 Å². The predicted octanol–water partition coefficient (Wildman–Crippen LogP) is 2.40. The monoisotopic (exact) mass is 310 g/mol. The maximum Gasteiger partial charge on any atom is 0.251 e. The molecule has 2 rings (SSSR count). The van der Waals surface area contributed by atoms with Crippen LogP contribution in [0.1, 0.15) is 20.3 Å². The van der Waals surface area contributed by atoms with E-state index in [-0.39, 0.29) is 5.91 Å². The van der Waals surface area contributed by atoms with Crippen LogP contribution in [0, 0.1) is 5.92 Å². The molecule has 0 aromatic heterocycles. The Balaban J connectivity index is 1.89. The highest BCUT2D eigenvalue weighted by Gasteiger charge is 2.26. The number of carbonyl (C=O) groups excluding carboxylic acids is 1. The predicted molar refractivity (Wildman–Crippen MR) is 85.7 cm³/mol. The quantitative estimate of drug-likeness (QED) is 0.928. The van der Waals surface area contributed by atoms with Crippen molar-refractivity contribution in [3.63, 3.8) is 0 Å². The molecule has 1 aliphatic heterocycles. The van der Waals surface area contributed by atoms with E-state index in [0.29, 0.717) is 25.4 Å². The lowest BCUT2D eigenvalue weighted by Crippen LogP contribution is -2.51. The SMILES string of the molecule is CC(C)C[C@@H](O)C(=O)N1CCN(c2cccc(Cl)c2)CC1. The summed E-state index contributed by atoms with van der Waals surface area (Å²) in [7, 11) is 0. The molecule has 1 fully saturated rings. The van der Waals surface area contributed by atoms with Crippen LogP contribution in [-0.2, 0) is 4.79 Å². The molecule has 0 aliphatic carbocycles. The van der Waals surface area contributed by atoms with Crippen LogP contribution in [0.15, 0.2) is 24.3 Å². The molecular formula is C16H23ClN2O2. The summed E-state index contributed by atoms with van der Waals surface area (Å²) in [5.74, 6) is 0.172. The first-order valence-corrected chi connectivity index (χ1v) is 7.82. The van der Waals surface area contributed by atoms with Gasteiger partial charge in [0, 0.05) is 36.9 Å². The van der Waals surface area contributed by atoms with Gasteiger partial charge >= 0.3 is 0 Å². The van der Waals surface area contributed by atoms with E-state index < -0.39 is 6.10 Å². The minimum Gasteiger partial charge on any atom is -0.383 e. The molecule has 21 heavy (non-hydrogen) atoms. The Hall–Kier alpha value is -1.26. The van der Waals surface area contributed by atoms with Gasteiger partial charge in [0.1, 0.15) is 6.10 Å². The summed E-state index contributed by atoms with van der Waals surface area (Å²) < 4.78 is 0. The molecule has 0 saturated carbocycles. The summed E-state index contributed by atoms with van der Waals surface area (Å²) >= 11 is 6.01. The average Bonchev–Trinajstić information content (AvgIpc) is 2.46. The Bertz CT molecular complexity index is 485. The highest BCUT2D eigenvalue weighted by Crippen LogP contribution is 2.21. The van der Waals surface area contributed by atoms with E-state index in [4.69, 9.17) is 11.6 Å². The molecule has 0 spiro atoms. The van der Waals surface area contributed by atoms with Crippen LogP contribution < -0.4 is 4.90 Å². The number of aliphatic hydroxyl groups is 1. The number of carbonyl (C=O) groups is 1. The molecule has 1 saturated heterocycles. The normalized spacial score (nSPS) is 17.2. The molecule has 1 aliphatic rings. The molecule has 1 amide bonds. The van der Waals surface area contributed by atoms with Crippen molar-refractivity contribution >= 4 is 23.2 Å². The number of hydrogen-bond acceptors (Lipinski definition) is 3. The van der Waals surface area contributed by atoms with Gasteiger partial charge in [0.15, 0.2) is 0 Å². The van der Waals surface area contributed by atoms with Crippen LogP contribution in [0.25, 0.3) is 0 Å². The lowest BCUT2D eigenvalue weighted by molar-refractivity contribution is -0.141. The zero-order valence-electron chi connectivity index (χ0n) is 12.6. The number of anilines is 1. The van der Waals surface area contributed by atoms with Crippen molar-refractivity contribution in [2.75, 3.05) is 31.1 Å². The van der Waals surface area contributed by atoms with E-state index in [1.54, 1.807) is 4.90 Å². The number of amides is 1. The van der Waals surface area contributed by atoms with Crippen LogP contribution in [0.5, 0.6) is 0 Å². The van der Waals surface area contributed by atoms with Gasteiger partial charge in [-0.15, -0.1) is 0 Å². The lowest BCUT2D eigenvalue weighted by atomic mass is 10.0. The van der Waals surface area contributed by atoms with Crippen LogP contribution in [0.2, 0.25) is 5.02 Å². The van der Waals surface area contributed by atoms with Crippen molar-refractivity contribution in [2.24, 2.45) is 5.92 Å². The maximum atomic E-state index is 12.2. The van der Waals surface area contributed by atoms with Crippen molar-refractivity contribution in [2.45, 2.75) is 26.4 Å². The van der Waals surface area contributed by atoms with Crippen molar-refractivity contribution < 1.29 is 9.90 Å². The second-order valence-corrected chi connectivity index (χ2v) is 6.37. The van der Waals surface area contributed by atoms with Gasteiger partial charge in [-0.2, -0.15) is 0 Å². The standard InChI is InChI=1S/C16H23ClN2O2/c1-12(2)10-15(20)16(21)19-8-6-18(7-9-19)14-5-3-4-13(17)11-14/h3-5,11-12,15,20H,6-10H2,1-2H3/t15-/m1/s1. The number of aliphatic hydroxyl groups excluding tert-OH is 1. The molecule has 1 aromatic rings. The maximum absolute atomic E-state index is 12.2. The zero-order chi connectivity index (χ0) is 15.4. The fourth-order valence-electron chi connectivity index (χ4n) is 2.62. The van der Waals surface area contributed by atoms with E-state index >= 15 is 0 Å². The second-order valence-electron chi connectivity index (χ2n) is 5.94. The van der Waals surface area contributed by atoms with E-state index in [0.717, 1.165) is 23.8 Å². The average molecular weight is 311 g/mol. The van der Waals surface area contributed by atoms with Gasteiger partial charge < -0.3 is 14.9 Å². The van der Waals surface area contributed by atoms with Gasteiger partial charge in [0.05, 0.1) is 0 Å². The summed E-state index contributed by atoms with van der Waals surface area (Å²) in [5.41, 5.74) is 1.08. The molecule has 0 unspecified atom stereocenters. The molecule has 4 nitrogen and oxygen atoms in total. The molecule has 0 bridgehead atoms. The topological polar surface area (TPSA) is 43.8 Å². The van der Waals surface area contributed by atoms with Crippen molar-refractivity contribution in [3.05, 3.63) is 29.3 Å². The first-order chi connectivity index (χ1) is 9.97. The van der Waals surface area contributed by atoms with Gasteiger partial charge in [0.2, 0.25) is 0 Å². The third-order valence-electron chi connectivity index (χ3n) is 3.74. The summed E-state index contributed by atoms with van der Waals surface area (Å²) in [5, 5.41) is 10.7. The molecule has 5 heteroatoms. The fourth-order valence-corrected chi connectivity index (χ4v) is 2.80. The van der Waals surface area contributed by atoms with E-state index in [1.165, 1.54) is 0 Å². The Morgan fingerprint density at radius 3 is 2.52 bits per heavy atom. The molecule has 0 radical (unpaired) electrons. The molecule has 1 aromatic carbocycles. The first-order valence-electron chi connectivity index (χ1n) is 7.44. The summed E-state index contributed by atoms with van der Waals surface area (Å²) in [4.78, 5) is 16.1. The Kier molecular flexibility index (Phi) is 5.48. The smallest absolute Gasteiger partial charge is 0.251 e. The van der Waals surface area contributed by atoms with E-state index in [9.17, 15) is 9.90 Å². The fraction of sp³-hybridized carbons (Fsp3) is 0.562. The van der Waals surface area contributed by atoms with Crippen molar-refractivity contribution in [3.8, 4) is 0 Å². The van der Waals surface area contributed by atoms with E-state index in [2.05, 4.69) is 4.90 Å². The van der Waals surface area contributed by atoms with Crippen molar-refractivity contribution in [1.82, 2.24) is 4.90 Å². The third-order valence-corrected chi connectivity index (χ3v) is 3.98. The number of rotatable bonds is 4.